The summed E-state index contributed by atoms with van der Waals surface area (Å²) in [4.78, 5) is 6.48. The van der Waals surface area contributed by atoms with Gasteiger partial charge in [-0.3, -0.25) is 4.98 Å². The zero-order chi connectivity index (χ0) is 12.0. The highest BCUT2D eigenvalue weighted by molar-refractivity contribution is 5.45. The highest BCUT2D eigenvalue weighted by atomic mass is 16.5. The van der Waals surface area contributed by atoms with Crippen LogP contribution in [0.4, 0.5) is 5.69 Å². The second-order valence-corrected chi connectivity index (χ2v) is 4.20. The third-order valence-corrected chi connectivity index (χ3v) is 2.72. The molecule has 0 fully saturated rings. The fourth-order valence-electron chi connectivity index (χ4n) is 1.67. The lowest BCUT2D eigenvalue weighted by Gasteiger charge is -2.17. The minimum atomic E-state index is 0.125. The second kappa shape index (κ2) is 6.48. The molecule has 0 aliphatic rings. The van der Waals surface area contributed by atoms with E-state index in [1.807, 2.05) is 26.4 Å². The summed E-state index contributed by atoms with van der Waals surface area (Å²) in [6, 6.07) is 4.11. The first-order valence-electron chi connectivity index (χ1n) is 5.85. The number of aromatic nitrogens is 1. The van der Waals surface area contributed by atoms with E-state index < -0.39 is 0 Å². The number of rotatable bonds is 6. The van der Waals surface area contributed by atoms with Crippen LogP contribution in [0.25, 0.3) is 0 Å². The molecule has 0 saturated heterocycles. The Balaban J connectivity index is 2.79. The lowest BCUT2D eigenvalue weighted by atomic mass is 10.1. The summed E-state index contributed by atoms with van der Waals surface area (Å²) < 4.78 is 5.49. The average Bonchev–Trinajstić information content (AvgIpc) is 2.30. The van der Waals surface area contributed by atoms with Crippen LogP contribution in [0.3, 0.4) is 0 Å². The smallest absolute Gasteiger partial charge is 0.0991 e. The van der Waals surface area contributed by atoms with E-state index in [0.29, 0.717) is 0 Å². The molecule has 1 aromatic rings. The summed E-state index contributed by atoms with van der Waals surface area (Å²) >= 11 is 0. The van der Waals surface area contributed by atoms with Gasteiger partial charge in [-0.25, -0.2) is 0 Å². The van der Waals surface area contributed by atoms with Crippen molar-refractivity contribution >= 4 is 5.69 Å². The Morgan fingerprint density at radius 3 is 2.75 bits per heavy atom. The van der Waals surface area contributed by atoms with Crippen molar-refractivity contribution in [1.82, 2.24) is 4.98 Å². The van der Waals surface area contributed by atoms with E-state index in [0.717, 1.165) is 12.1 Å². The summed E-state index contributed by atoms with van der Waals surface area (Å²) in [7, 11) is 5.82. The largest absolute Gasteiger partial charge is 0.378 e. The fourth-order valence-corrected chi connectivity index (χ4v) is 1.67. The Hall–Kier alpha value is -1.09. The first kappa shape index (κ1) is 13.0. The molecule has 90 valence electrons. The van der Waals surface area contributed by atoms with Crippen molar-refractivity contribution in [3.63, 3.8) is 0 Å². The topological polar surface area (TPSA) is 25.4 Å². The molecule has 0 spiro atoms. The predicted molar refractivity (Wildman–Crippen MR) is 67.8 cm³/mol. The molecule has 1 aromatic heterocycles. The maximum Gasteiger partial charge on any atom is 0.0991 e. The molecule has 0 N–H and O–H groups in total. The molecule has 16 heavy (non-hydrogen) atoms. The summed E-state index contributed by atoms with van der Waals surface area (Å²) in [5.41, 5.74) is 2.20. The van der Waals surface area contributed by atoms with Gasteiger partial charge in [0, 0.05) is 33.1 Å². The molecular weight excluding hydrogens is 200 g/mol. The number of nitrogens with zero attached hydrogens (tertiary/aromatic N) is 2. The number of ether oxygens (including phenoxy) is 1. The molecule has 0 bridgehead atoms. The third-order valence-electron chi connectivity index (χ3n) is 2.72. The van der Waals surface area contributed by atoms with Gasteiger partial charge in [-0.05, 0) is 18.6 Å². The molecule has 3 heteroatoms. The molecule has 1 rings (SSSR count). The lowest BCUT2D eigenvalue weighted by Crippen LogP contribution is -2.11. The molecule has 0 amide bonds. The van der Waals surface area contributed by atoms with Gasteiger partial charge in [0.15, 0.2) is 0 Å². The maximum absolute atomic E-state index is 5.49. The van der Waals surface area contributed by atoms with E-state index in [2.05, 4.69) is 22.9 Å². The number of pyridine rings is 1. The number of unbranched alkanes of at least 4 members (excludes halogenated alkanes) is 1. The molecule has 0 radical (unpaired) electrons. The van der Waals surface area contributed by atoms with E-state index >= 15 is 0 Å². The fraction of sp³-hybridized carbons (Fsp3) is 0.615. The van der Waals surface area contributed by atoms with Crippen molar-refractivity contribution in [2.45, 2.75) is 32.3 Å². The molecule has 1 atom stereocenters. The van der Waals surface area contributed by atoms with Crippen molar-refractivity contribution in [3.05, 3.63) is 24.0 Å². The van der Waals surface area contributed by atoms with Crippen LogP contribution in [0.1, 0.15) is 38.0 Å². The van der Waals surface area contributed by atoms with E-state index in [1.165, 1.54) is 18.5 Å². The normalized spacial score (nSPS) is 12.5. The van der Waals surface area contributed by atoms with Gasteiger partial charge in [-0.15, -0.1) is 0 Å². The van der Waals surface area contributed by atoms with E-state index in [1.54, 1.807) is 7.11 Å². The average molecular weight is 222 g/mol. The van der Waals surface area contributed by atoms with Crippen molar-refractivity contribution in [3.8, 4) is 0 Å². The van der Waals surface area contributed by atoms with Crippen molar-refractivity contribution < 1.29 is 4.74 Å². The van der Waals surface area contributed by atoms with Crippen molar-refractivity contribution in [1.29, 1.82) is 0 Å². The second-order valence-electron chi connectivity index (χ2n) is 4.20. The first-order chi connectivity index (χ1) is 7.69. The van der Waals surface area contributed by atoms with Crippen LogP contribution in [-0.2, 0) is 4.74 Å². The van der Waals surface area contributed by atoms with Crippen LogP contribution in [0.5, 0.6) is 0 Å². The van der Waals surface area contributed by atoms with E-state index in [4.69, 9.17) is 4.74 Å². The maximum atomic E-state index is 5.49. The summed E-state index contributed by atoms with van der Waals surface area (Å²) in [6.45, 7) is 2.19. The summed E-state index contributed by atoms with van der Waals surface area (Å²) in [5.74, 6) is 0. The van der Waals surface area contributed by atoms with E-state index in [9.17, 15) is 0 Å². The quantitative estimate of drug-likeness (QED) is 0.739. The summed E-state index contributed by atoms with van der Waals surface area (Å²) in [6.07, 6.45) is 5.37. The first-order valence-corrected chi connectivity index (χ1v) is 5.85. The Labute approximate surface area is 98.4 Å². The van der Waals surface area contributed by atoms with Crippen LogP contribution >= 0.6 is 0 Å². The molecule has 0 aliphatic heterocycles. The highest BCUT2D eigenvalue weighted by Gasteiger charge is 2.12. The van der Waals surface area contributed by atoms with Crippen molar-refractivity contribution in [2.75, 3.05) is 26.1 Å². The number of anilines is 1. The van der Waals surface area contributed by atoms with Crippen LogP contribution < -0.4 is 4.90 Å². The Morgan fingerprint density at radius 2 is 2.19 bits per heavy atom. The van der Waals surface area contributed by atoms with Crippen LogP contribution in [0.15, 0.2) is 18.3 Å². The number of hydrogen-bond donors (Lipinski definition) is 0. The Kier molecular flexibility index (Phi) is 5.26. The molecule has 1 heterocycles. The lowest BCUT2D eigenvalue weighted by molar-refractivity contribution is 0.0901. The Bertz CT molecular complexity index is 313. The van der Waals surface area contributed by atoms with E-state index in [-0.39, 0.29) is 6.10 Å². The molecule has 3 nitrogen and oxygen atoms in total. The van der Waals surface area contributed by atoms with Gasteiger partial charge in [-0.2, -0.15) is 0 Å². The van der Waals surface area contributed by atoms with Gasteiger partial charge in [0.1, 0.15) is 0 Å². The number of hydrogen-bond acceptors (Lipinski definition) is 3. The van der Waals surface area contributed by atoms with Gasteiger partial charge in [0.2, 0.25) is 0 Å². The molecule has 0 saturated carbocycles. The molecule has 0 aromatic carbocycles. The standard InChI is InChI=1S/C13H22N2O/c1-5-6-7-13(16-4)12-10-11(15(2)3)8-9-14-12/h8-10,13H,5-7H2,1-4H3/t13-/m0/s1. The van der Waals surface area contributed by atoms with Gasteiger partial charge in [-0.1, -0.05) is 19.8 Å². The minimum Gasteiger partial charge on any atom is -0.378 e. The van der Waals surface area contributed by atoms with Gasteiger partial charge in [0.25, 0.3) is 0 Å². The highest BCUT2D eigenvalue weighted by Crippen LogP contribution is 2.23. The van der Waals surface area contributed by atoms with Crippen LogP contribution in [0, 0.1) is 0 Å². The SMILES string of the molecule is CCCC[C@H](OC)c1cc(N(C)C)ccn1. The van der Waals surface area contributed by atoms with Gasteiger partial charge < -0.3 is 9.64 Å². The third kappa shape index (κ3) is 3.49. The zero-order valence-electron chi connectivity index (χ0n) is 10.7. The number of methoxy groups -OCH3 is 1. The summed E-state index contributed by atoms with van der Waals surface area (Å²) in [5, 5.41) is 0. The van der Waals surface area contributed by atoms with Gasteiger partial charge in [0.05, 0.1) is 11.8 Å². The molecule has 0 aliphatic carbocycles. The molecular formula is C13H22N2O. The minimum absolute atomic E-state index is 0.125. The van der Waals surface area contributed by atoms with Crippen LogP contribution in [-0.4, -0.2) is 26.2 Å². The molecule has 0 unspecified atom stereocenters. The predicted octanol–water partition coefficient (Wildman–Crippen LogP) is 3.03. The van der Waals surface area contributed by atoms with Crippen molar-refractivity contribution in [2.24, 2.45) is 0 Å². The monoisotopic (exact) mass is 222 g/mol. The zero-order valence-corrected chi connectivity index (χ0v) is 10.7. The van der Waals surface area contributed by atoms with Crippen LogP contribution in [0.2, 0.25) is 0 Å². The Morgan fingerprint density at radius 1 is 1.44 bits per heavy atom. The van der Waals surface area contributed by atoms with Gasteiger partial charge >= 0.3 is 0 Å².